The van der Waals surface area contributed by atoms with Crippen molar-refractivity contribution in [2.45, 2.75) is 44.5 Å². The molecule has 9 heteroatoms. The highest BCUT2D eigenvalue weighted by molar-refractivity contribution is 6.45. The number of aromatic nitrogens is 3. The molecule has 2 aliphatic heterocycles. The summed E-state index contributed by atoms with van der Waals surface area (Å²) in [6, 6.07) is 3.56. The summed E-state index contributed by atoms with van der Waals surface area (Å²) in [7, 11) is 0. The molecule has 152 valence electrons. The zero-order valence-electron chi connectivity index (χ0n) is 15.6. The lowest BCUT2D eigenvalue weighted by Crippen LogP contribution is -2.34. The lowest BCUT2D eigenvalue weighted by molar-refractivity contribution is -0.0394. The predicted octanol–water partition coefficient (Wildman–Crippen LogP) is 4.70. The molecule has 0 spiro atoms. The van der Waals surface area contributed by atoms with Crippen LogP contribution in [0.4, 0.5) is 4.79 Å². The van der Waals surface area contributed by atoms with E-state index >= 15 is 0 Å². The number of rotatable bonds is 3. The van der Waals surface area contributed by atoms with Crippen molar-refractivity contribution in [2.75, 3.05) is 6.61 Å². The maximum atomic E-state index is 11.2. The molecule has 2 aliphatic rings. The van der Waals surface area contributed by atoms with E-state index in [0.717, 1.165) is 53.6 Å². The summed E-state index contributed by atoms with van der Waals surface area (Å²) in [4.78, 5) is 11.2. The molecule has 0 aliphatic carbocycles. The van der Waals surface area contributed by atoms with Crippen molar-refractivity contribution in [3.05, 3.63) is 40.3 Å². The van der Waals surface area contributed by atoms with Crippen molar-refractivity contribution in [2.24, 2.45) is 0 Å². The van der Waals surface area contributed by atoms with Crippen LogP contribution in [0.1, 0.15) is 31.2 Å². The molecule has 1 aromatic carbocycles. The molecule has 2 aromatic heterocycles. The van der Waals surface area contributed by atoms with Gasteiger partial charge >= 0.3 is 6.09 Å². The van der Waals surface area contributed by atoms with Crippen LogP contribution in [-0.2, 0) is 17.7 Å². The summed E-state index contributed by atoms with van der Waals surface area (Å²) in [5.74, 6) is 0. The molecule has 2 unspecified atom stereocenters. The number of nitrogens with one attached hydrogen (secondary N) is 1. The standard InChI is InChI=1S/C20H20Cl2N4O3/c21-14-5-4-13-17(11-8-23-26(9-11)16-3-1-2-6-29-16)15-7-12(24-20(27)28)10-25(15)19(13)18(14)22/h4-5,8-9,12,16,24H,1-3,6-7,10H2,(H,27,28). The lowest BCUT2D eigenvalue weighted by Gasteiger charge is -2.22. The fourth-order valence-electron chi connectivity index (χ4n) is 4.51. The van der Waals surface area contributed by atoms with Crippen LogP contribution in [0.25, 0.3) is 22.0 Å². The van der Waals surface area contributed by atoms with Crippen LogP contribution in [0.2, 0.25) is 10.0 Å². The van der Waals surface area contributed by atoms with Gasteiger partial charge in [-0.2, -0.15) is 5.10 Å². The summed E-state index contributed by atoms with van der Waals surface area (Å²) in [6.07, 6.45) is 6.51. The smallest absolute Gasteiger partial charge is 0.404 e. The minimum absolute atomic E-state index is 0.0427. The molecular weight excluding hydrogens is 415 g/mol. The van der Waals surface area contributed by atoms with E-state index in [1.807, 2.05) is 23.1 Å². The Labute approximate surface area is 177 Å². The highest BCUT2D eigenvalue weighted by Crippen LogP contribution is 2.43. The fraction of sp³-hybridized carbons (Fsp3) is 0.400. The van der Waals surface area contributed by atoms with Gasteiger partial charge in [0.1, 0.15) is 6.23 Å². The second-order valence-electron chi connectivity index (χ2n) is 7.57. The van der Waals surface area contributed by atoms with Crippen LogP contribution in [0.5, 0.6) is 0 Å². The molecule has 3 aromatic rings. The first kappa shape index (κ1) is 18.8. The van der Waals surface area contributed by atoms with E-state index in [1.165, 1.54) is 0 Å². The van der Waals surface area contributed by atoms with Gasteiger partial charge < -0.3 is 19.7 Å². The van der Waals surface area contributed by atoms with E-state index in [0.29, 0.717) is 23.0 Å². The monoisotopic (exact) mass is 434 g/mol. The number of hydrogen-bond acceptors (Lipinski definition) is 3. The van der Waals surface area contributed by atoms with E-state index in [-0.39, 0.29) is 12.3 Å². The Balaban J connectivity index is 1.62. The Hall–Kier alpha value is -2.22. The van der Waals surface area contributed by atoms with Crippen LogP contribution in [0, 0.1) is 0 Å². The topological polar surface area (TPSA) is 81.3 Å². The van der Waals surface area contributed by atoms with Gasteiger partial charge in [0.15, 0.2) is 0 Å². The first-order valence-electron chi connectivity index (χ1n) is 9.67. The first-order chi connectivity index (χ1) is 14.0. The molecule has 1 fully saturated rings. The third-order valence-corrected chi connectivity index (χ3v) is 6.53. The van der Waals surface area contributed by atoms with Crippen molar-refractivity contribution in [1.29, 1.82) is 0 Å². The van der Waals surface area contributed by atoms with E-state index in [9.17, 15) is 4.79 Å². The summed E-state index contributed by atoms with van der Waals surface area (Å²) >= 11 is 12.8. The van der Waals surface area contributed by atoms with Gasteiger partial charge in [0.2, 0.25) is 0 Å². The molecule has 2 atom stereocenters. The van der Waals surface area contributed by atoms with Crippen LogP contribution < -0.4 is 5.32 Å². The molecule has 1 saturated heterocycles. The summed E-state index contributed by atoms with van der Waals surface area (Å²) in [6.45, 7) is 1.26. The molecule has 0 radical (unpaired) electrons. The number of amides is 1. The highest BCUT2D eigenvalue weighted by Gasteiger charge is 2.31. The number of carboxylic acid groups (broad SMARTS) is 1. The molecule has 0 bridgehead atoms. The van der Waals surface area contributed by atoms with Crippen molar-refractivity contribution < 1.29 is 14.6 Å². The maximum Gasteiger partial charge on any atom is 0.404 e. The Kier molecular flexibility index (Phi) is 4.69. The van der Waals surface area contributed by atoms with Crippen LogP contribution in [0.3, 0.4) is 0 Å². The summed E-state index contributed by atoms with van der Waals surface area (Å²) < 4.78 is 9.81. The first-order valence-corrected chi connectivity index (χ1v) is 10.4. The normalized spacial score (nSPS) is 21.4. The van der Waals surface area contributed by atoms with Crippen LogP contribution >= 0.6 is 23.2 Å². The lowest BCUT2D eigenvalue weighted by atomic mass is 10.0. The molecule has 4 heterocycles. The number of fused-ring (bicyclic) bond motifs is 3. The Morgan fingerprint density at radius 3 is 2.93 bits per heavy atom. The van der Waals surface area contributed by atoms with Gasteiger partial charge in [-0.05, 0) is 25.3 Å². The Morgan fingerprint density at radius 1 is 1.31 bits per heavy atom. The molecular formula is C20H20Cl2N4O3. The van der Waals surface area contributed by atoms with Gasteiger partial charge in [-0.25, -0.2) is 9.48 Å². The van der Waals surface area contributed by atoms with Gasteiger partial charge in [0.05, 0.1) is 27.8 Å². The number of nitrogens with zero attached hydrogens (tertiary/aromatic N) is 3. The van der Waals surface area contributed by atoms with Crippen molar-refractivity contribution in [3.63, 3.8) is 0 Å². The highest BCUT2D eigenvalue weighted by atomic mass is 35.5. The number of hydrogen-bond donors (Lipinski definition) is 2. The summed E-state index contributed by atoms with van der Waals surface area (Å²) in [5.41, 5.74) is 3.86. The number of ether oxygens (including phenoxy) is 1. The second kappa shape index (κ2) is 7.23. The third kappa shape index (κ3) is 3.17. The van der Waals surface area contributed by atoms with Gasteiger partial charge in [0, 0.05) is 48.0 Å². The van der Waals surface area contributed by atoms with E-state index in [4.69, 9.17) is 33.0 Å². The summed E-state index contributed by atoms with van der Waals surface area (Å²) in [5, 5.41) is 18.2. The number of carbonyl (C=O) groups is 1. The predicted molar refractivity (Wildman–Crippen MR) is 111 cm³/mol. The van der Waals surface area contributed by atoms with E-state index < -0.39 is 6.09 Å². The molecule has 1 amide bonds. The second-order valence-corrected chi connectivity index (χ2v) is 8.36. The van der Waals surface area contributed by atoms with Crippen molar-refractivity contribution in [3.8, 4) is 11.1 Å². The zero-order valence-corrected chi connectivity index (χ0v) is 17.1. The molecule has 29 heavy (non-hydrogen) atoms. The SMILES string of the molecule is O=C(O)NC1Cc2c(-c3cnn(C4CCCCO4)c3)c3ccc(Cl)c(Cl)c3n2C1. The van der Waals surface area contributed by atoms with Crippen molar-refractivity contribution in [1.82, 2.24) is 19.7 Å². The third-order valence-electron chi connectivity index (χ3n) is 5.73. The average molecular weight is 435 g/mol. The van der Waals surface area contributed by atoms with E-state index in [1.54, 1.807) is 6.07 Å². The van der Waals surface area contributed by atoms with Gasteiger partial charge in [0.25, 0.3) is 0 Å². The zero-order chi connectivity index (χ0) is 20.1. The van der Waals surface area contributed by atoms with E-state index in [2.05, 4.69) is 15.0 Å². The number of halogens is 2. The largest absolute Gasteiger partial charge is 0.465 e. The fourth-order valence-corrected chi connectivity index (χ4v) is 4.93. The molecule has 0 saturated carbocycles. The molecule has 2 N–H and O–H groups in total. The van der Waals surface area contributed by atoms with Gasteiger partial charge in [-0.3, -0.25) is 0 Å². The molecule has 7 nitrogen and oxygen atoms in total. The van der Waals surface area contributed by atoms with Crippen LogP contribution in [0.15, 0.2) is 24.5 Å². The quantitative estimate of drug-likeness (QED) is 0.625. The maximum absolute atomic E-state index is 11.2. The van der Waals surface area contributed by atoms with Gasteiger partial charge in [-0.15, -0.1) is 0 Å². The van der Waals surface area contributed by atoms with Crippen LogP contribution in [-0.4, -0.2) is 38.2 Å². The Morgan fingerprint density at radius 2 is 2.17 bits per heavy atom. The van der Waals surface area contributed by atoms with Gasteiger partial charge in [-0.1, -0.05) is 29.3 Å². The van der Waals surface area contributed by atoms with Crippen molar-refractivity contribution >= 4 is 40.2 Å². The molecule has 5 rings (SSSR count). The number of benzene rings is 1. The average Bonchev–Trinajstić information content (AvgIpc) is 3.39. The minimum atomic E-state index is -1.03. The minimum Gasteiger partial charge on any atom is -0.465 e. The Bertz CT molecular complexity index is 1100.